The smallest absolute Gasteiger partial charge is 0.134 e. The van der Waals surface area contributed by atoms with Crippen LogP contribution in [0.1, 0.15) is 31.2 Å². The molecule has 0 spiro atoms. The average Bonchev–Trinajstić information content (AvgIpc) is 2.35. The zero-order chi connectivity index (χ0) is 12.5. The summed E-state index contributed by atoms with van der Waals surface area (Å²) < 4.78 is 0. The lowest BCUT2D eigenvalue weighted by Gasteiger charge is -2.10. The first-order chi connectivity index (χ1) is 8.29. The SMILES string of the molecule is CNc1ncnc(NCCCCCCO)c1C. The molecule has 0 bridgehead atoms. The minimum atomic E-state index is 0.296. The molecule has 0 saturated heterocycles. The van der Waals surface area contributed by atoms with Gasteiger partial charge in [-0.1, -0.05) is 12.8 Å². The number of hydrogen-bond acceptors (Lipinski definition) is 5. The van der Waals surface area contributed by atoms with Crippen molar-refractivity contribution in [1.82, 2.24) is 9.97 Å². The van der Waals surface area contributed by atoms with Crippen molar-refractivity contribution in [2.45, 2.75) is 32.6 Å². The molecule has 0 aliphatic carbocycles. The molecule has 0 saturated carbocycles. The summed E-state index contributed by atoms with van der Waals surface area (Å²) in [4.78, 5) is 8.35. The minimum Gasteiger partial charge on any atom is -0.396 e. The largest absolute Gasteiger partial charge is 0.396 e. The van der Waals surface area contributed by atoms with Crippen LogP contribution in [0.25, 0.3) is 0 Å². The predicted octanol–water partition coefficient (Wildman–Crippen LogP) is 1.79. The van der Waals surface area contributed by atoms with Crippen LogP contribution in [-0.2, 0) is 0 Å². The maximum atomic E-state index is 8.66. The Bertz CT molecular complexity index is 330. The van der Waals surface area contributed by atoms with E-state index in [0.29, 0.717) is 6.61 Å². The molecule has 1 aromatic heterocycles. The first-order valence-corrected chi connectivity index (χ1v) is 6.13. The average molecular weight is 238 g/mol. The molecule has 5 nitrogen and oxygen atoms in total. The summed E-state index contributed by atoms with van der Waals surface area (Å²) in [5.41, 5.74) is 1.05. The maximum Gasteiger partial charge on any atom is 0.134 e. The van der Waals surface area contributed by atoms with Gasteiger partial charge in [-0.3, -0.25) is 0 Å². The Kier molecular flexibility index (Phi) is 6.32. The van der Waals surface area contributed by atoms with E-state index in [1.54, 1.807) is 6.33 Å². The standard InChI is InChI=1S/C12H22N4O/c1-10-11(13-2)15-9-16-12(10)14-7-5-3-4-6-8-17/h9,17H,3-8H2,1-2H3,(H2,13,14,15,16). The van der Waals surface area contributed by atoms with Crippen LogP contribution in [0.3, 0.4) is 0 Å². The molecule has 0 aliphatic heterocycles. The quantitative estimate of drug-likeness (QED) is 0.602. The molecule has 1 rings (SSSR count). The van der Waals surface area contributed by atoms with Crippen molar-refractivity contribution in [2.75, 3.05) is 30.8 Å². The summed E-state index contributed by atoms with van der Waals surface area (Å²) in [7, 11) is 1.86. The fraction of sp³-hybridized carbons (Fsp3) is 0.667. The van der Waals surface area contributed by atoms with Gasteiger partial charge in [0.2, 0.25) is 0 Å². The number of anilines is 2. The molecule has 0 aliphatic rings. The molecule has 0 atom stereocenters. The van der Waals surface area contributed by atoms with Crippen molar-refractivity contribution in [1.29, 1.82) is 0 Å². The number of aliphatic hydroxyl groups excluding tert-OH is 1. The van der Waals surface area contributed by atoms with Crippen molar-refractivity contribution in [3.63, 3.8) is 0 Å². The predicted molar refractivity (Wildman–Crippen MR) is 70.4 cm³/mol. The topological polar surface area (TPSA) is 70.1 Å². The Labute approximate surface area is 103 Å². The van der Waals surface area contributed by atoms with Crippen molar-refractivity contribution in [2.24, 2.45) is 0 Å². The Morgan fingerprint density at radius 1 is 1.12 bits per heavy atom. The summed E-state index contributed by atoms with van der Waals surface area (Å²) in [5.74, 6) is 1.76. The van der Waals surface area contributed by atoms with E-state index in [-0.39, 0.29) is 0 Å². The molecule has 1 heterocycles. The number of unbranched alkanes of at least 4 members (excludes halogenated alkanes) is 3. The first kappa shape index (κ1) is 13.7. The molecule has 0 fully saturated rings. The Morgan fingerprint density at radius 2 is 1.82 bits per heavy atom. The van der Waals surface area contributed by atoms with Gasteiger partial charge in [-0.25, -0.2) is 9.97 Å². The van der Waals surface area contributed by atoms with E-state index in [1.807, 2.05) is 14.0 Å². The van der Waals surface area contributed by atoms with Crippen LogP contribution >= 0.6 is 0 Å². The normalized spacial score (nSPS) is 10.3. The molecule has 5 heteroatoms. The second kappa shape index (κ2) is 7.84. The summed E-state index contributed by atoms with van der Waals surface area (Å²) in [6.45, 7) is 3.20. The number of rotatable bonds is 8. The van der Waals surface area contributed by atoms with Crippen LogP contribution in [0.2, 0.25) is 0 Å². The second-order valence-electron chi connectivity index (χ2n) is 4.01. The zero-order valence-electron chi connectivity index (χ0n) is 10.7. The highest BCUT2D eigenvalue weighted by Crippen LogP contribution is 2.17. The minimum absolute atomic E-state index is 0.296. The fourth-order valence-corrected chi connectivity index (χ4v) is 1.68. The number of aromatic nitrogens is 2. The van der Waals surface area contributed by atoms with Crippen molar-refractivity contribution >= 4 is 11.6 Å². The molecular weight excluding hydrogens is 216 g/mol. The van der Waals surface area contributed by atoms with Gasteiger partial charge in [-0.2, -0.15) is 0 Å². The molecule has 96 valence electrons. The van der Waals surface area contributed by atoms with E-state index in [0.717, 1.165) is 49.4 Å². The third-order valence-electron chi connectivity index (χ3n) is 2.70. The van der Waals surface area contributed by atoms with E-state index in [2.05, 4.69) is 20.6 Å². The lowest BCUT2D eigenvalue weighted by atomic mass is 10.2. The summed E-state index contributed by atoms with van der Waals surface area (Å²) in [5, 5.41) is 15.0. The van der Waals surface area contributed by atoms with Crippen LogP contribution < -0.4 is 10.6 Å². The van der Waals surface area contributed by atoms with Crippen molar-refractivity contribution in [3.8, 4) is 0 Å². The third kappa shape index (κ3) is 4.56. The van der Waals surface area contributed by atoms with E-state index in [1.165, 1.54) is 0 Å². The van der Waals surface area contributed by atoms with Gasteiger partial charge in [0.15, 0.2) is 0 Å². The molecule has 1 aromatic rings. The highest BCUT2D eigenvalue weighted by atomic mass is 16.2. The molecule has 0 unspecified atom stereocenters. The Hall–Kier alpha value is -1.36. The monoisotopic (exact) mass is 238 g/mol. The molecular formula is C12H22N4O. The zero-order valence-corrected chi connectivity index (χ0v) is 10.7. The van der Waals surface area contributed by atoms with E-state index < -0.39 is 0 Å². The van der Waals surface area contributed by atoms with Gasteiger partial charge in [0.25, 0.3) is 0 Å². The van der Waals surface area contributed by atoms with E-state index >= 15 is 0 Å². The molecule has 3 N–H and O–H groups in total. The number of nitrogens with zero attached hydrogens (tertiary/aromatic N) is 2. The molecule has 17 heavy (non-hydrogen) atoms. The molecule has 0 amide bonds. The third-order valence-corrected chi connectivity index (χ3v) is 2.70. The van der Waals surface area contributed by atoms with Crippen LogP contribution in [0, 0.1) is 6.92 Å². The van der Waals surface area contributed by atoms with Gasteiger partial charge in [0, 0.05) is 25.8 Å². The van der Waals surface area contributed by atoms with Crippen molar-refractivity contribution in [3.05, 3.63) is 11.9 Å². The maximum absolute atomic E-state index is 8.66. The lowest BCUT2D eigenvalue weighted by Crippen LogP contribution is -2.07. The van der Waals surface area contributed by atoms with Crippen LogP contribution in [0.15, 0.2) is 6.33 Å². The Morgan fingerprint density at radius 3 is 2.53 bits per heavy atom. The first-order valence-electron chi connectivity index (χ1n) is 6.13. The van der Waals surface area contributed by atoms with Gasteiger partial charge < -0.3 is 15.7 Å². The summed E-state index contributed by atoms with van der Waals surface area (Å²) in [6.07, 6.45) is 5.78. The highest BCUT2D eigenvalue weighted by molar-refractivity contribution is 5.55. The highest BCUT2D eigenvalue weighted by Gasteiger charge is 2.04. The van der Waals surface area contributed by atoms with Crippen LogP contribution in [0.4, 0.5) is 11.6 Å². The summed E-state index contributed by atoms with van der Waals surface area (Å²) >= 11 is 0. The summed E-state index contributed by atoms with van der Waals surface area (Å²) in [6, 6.07) is 0. The van der Waals surface area contributed by atoms with E-state index in [4.69, 9.17) is 5.11 Å². The van der Waals surface area contributed by atoms with Gasteiger partial charge in [0.05, 0.1) is 0 Å². The van der Waals surface area contributed by atoms with E-state index in [9.17, 15) is 0 Å². The molecule has 0 aromatic carbocycles. The molecule has 0 radical (unpaired) electrons. The van der Waals surface area contributed by atoms with Gasteiger partial charge in [-0.05, 0) is 19.8 Å². The van der Waals surface area contributed by atoms with Gasteiger partial charge >= 0.3 is 0 Å². The van der Waals surface area contributed by atoms with Gasteiger partial charge in [0.1, 0.15) is 18.0 Å². The van der Waals surface area contributed by atoms with Crippen molar-refractivity contribution < 1.29 is 5.11 Å². The lowest BCUT2D eigenvalue weighted by molar-refractivity contribution is 0.283. The van der Waals surface area contributed by atoms with Crippen LogP contribution in [0.5, 0.6) is 0 Å². The van der Waals surface area contributed by atoms with Crippen LogP contribution in [-0.4, -0.2) is 35.3 Å². The Balaban J connectivity index is 2.31. The number of hydrogen-bond donors (Lipinski definition) is 3. The number of aliphatic hydroxyl groups is 1. The number of nitrogens with one attached hydrogen (secondary N) is 2. The second-order valence-corrected chi connectivity index (χ2v) is 4.01. The van der Waals surface area contributed by atoms with Gasteiger partial charge in [-0.15, -0.1) is 0 Å². The fourth-order valence-electron chi connectivity index (χ4n) is 1.68.